The van der Waals surface area contributed by atoms with Crippen molar-refractivity contribution in [2.75, 3.05) is 19.6 Å². The van der Waals surface area contributed by atoms with Crippen molar-refractivity contribution in [2.45, 2.75) is 52.6 Å². The second-order valence-corrected chi connectivity index (χ2v) is 6.37. The first-order valence-corrected chi connectivity index (χ1v) is 6.44. The average Bonchev–Trinajstić information content (AvgIpc) is 2.39. The lowest BCUT2D eigenvalue weighted by Gasteiger charge is -2.33. The number of amides is 1. The van der Waals surface area contributed by atoms with Gasteiger partial charge < -0.3 is 15.4 Å². The van der Waals surface area contributed by atoms with E-state index in [1.165, 1.54) is 0 Å². The van der Waals surface area contributed by atoms with Crippen molar-refractivity contribution in [3.05, 3.63) is 0 Å². The highest BCUT2D eigenvalue weighted by Crippen LogP contribution is 2.28. The average molecular weight is 242 g/mol. The van der Waals surface area contributed by atoms with Crippen LogP contribution in [0.15, 0.2) is 0 Å². The van der Waals surface area contributed by atoms with Gasteiger partial charge in [-0.1, -0.05) is 13.3 Å². The van der Waals surface area contributed by atoms with Crippen molar-refractivity contribution in [1.82, 2.24) is 4.90 Å². The monoisotopic (exact) mass is 242 g/mol. The SMILES string of the molecule is CC(C)(C)OC(=O)N1CCCC[C@](C)(CN)C1. The van der Waals surface area contributed by atoms with Crippen LogP contribution in [-0.4, -0.2) is 36.2 Å². The number of hydrogen-bond donors (Lipinski definition) is 1. The Balaban J connectivity index is 2.66. The lowest BCUT2D eigenvalue weighted by atomic mass is 9.86. The lowest BCUT2D eigenvalue weighted by Crippen LogP contribution is -2.44. The van der Waals surface area contributed by atoms with Crippen molar-refractivity contribution in [3.63, 3.8) is 0 Å². The molecule has 0 radical (unpaired) electrons. The predicted molar refractivity (Wildman–Crippen MR) is 68.8 cm³/mol. The number of carbonyl (C=O) groups is 1. The molecule has 1 heterocycles. The minimum Gasteiger partial charge on any atom is -0.444 e. The quantitative estimate of drug-likeness (QED) is 0.768. The predicted octanol–water partition coefficient (Wildman–Crippen LogP) is 2.37. The van der Waals surface area contributed by atoms with Crippen LogP contribution in [0.2, 0.25) is 0 Å². The van der Waals surface area contributed by atoms with Crippen LogP contribution < -0.4 is 5.73 Å². The highest BCUT2D eigenvalue weighted by molar-refractivity contribution is 5.68. The van der Waals surface area contributed by atoms with E-state index in [0.717, 1.165) is 25.8 Å². The Kier molecular flexibility index (Phi) is 4.42. The van der Waals surface area contributed by atoms with Gasteiger partial charge in [-0.3, -0.25) is 0 Å². The summed E-state index contributed by atoms with van der Waals surface area (Å²) in [5.41, 5.74) is 5.42. The van der Waals surface area contributed by atoms with Gasteiger partial charge in [0.2, 0.25) is 0 Å². The first-order chi connectivity index (χ1) is 7.76. The molecule has 4 heteroatoms. The maximum Gasteiger partial charge on any atom is 0.410 e. The molecule has 1 fully saturated rings. The van der Waals surface area contributed by atoms with E-state index in [2.05, 4.69) is 6.92 Å². The largest absolute Gasteiger partial charge is 0.444 e. The minimum absolute atomic E-state index is 0.0351. The van der Waals surface area contributed by atoms with Gasteiger partial charge in [0.25, 0.3) is 0 Å². The second-order valence-electron chi connectivity index (χ2n) is 6.37. The Morgan fingerprint density at radius 3 is 2.59 bits per heavy atom. The highest BCUT2D eigenvalue weighted by atomic mass is 16.6. The van der Waals surface area contributed by atoms with Gasteiger partial charge in [0.05, 0.1) is 0 Å². The van der Waals surface area contributed by atoms with Crippen LogP contribution in [0, 0.1) is 5.41 Å². The van der Waals surface area contributed by atoms with Crippen LogP contribution in [0.4, 0.5) is 4.79 Å². The van der Waals surface area contributed by atoms with Crippen molar-refractivity contribution in [3.8, 4) is 0 Å². The third-order valence-corrected chi connectivity index (χ3v) is 3.18. The van der Waals surface area contributed by atoms with E-state index in [4.69, 9.17) is 10.5 Å². The molecule has 2 N–H and O–H groups in total. The molecule has 17 heavy (non-hydrogen) atoms. The van der Waals surface area contributed by atoms with Gasteiger partial charge in [0.15, 0.2) is 0 Å². The summed E-state index contributed by atoms with van der Waals surface area (Å²) in [4.78, 5) is 13.8. The molecule has 0 spiro atoms. The summed E-state index contributed by atoms with van der Waals surface area (Å²) in [7, 11) is 0. The summed E-state index contributed by atoms with van der Waals surface area (Å²) in [6, 6.07) is 0. The number of carbonyl (C=O) groups excluding carboxylic acids is 1. The van der Waals surface area contributed by atoms with E-state index in [0.29, 0.717) is 13.1 Å². The third kappa shape index (κ3) is 4.54. The molecule has 1 rings (SSSR count). The van der Waals surface area contributed by atoms with Crippen LogP contribution >= 0.6 is 0 Å². The zero-order valence-corrected chi connectivity index (χ0v) is 11.6. The van der Waals surface area contributed by atoms with Gasteiger partial charge in [-0.2, -0.15) is 0 Å². The van der Waals surface area contributed by atoms with Crippen LogP contribution in [-0.2, 0) is 4.74 Å². The fourth-order valence-corrected chi connectivity index (χ4v) is 2.12. The summed E-state index contributed by atoms with van der Waals surface area (Å²) in [6.07, 6.45) is 3.05. The first kappa shape index (κ1) is 14.3. The van der Waals surface area contributed by atoms with Crippen LogP contribution in [0.25, 0.3) is 0 Å². The third-order valence-electron chi connectivity index (χ3n) is 3.18. The zero-order chi connectivity index (χ0) is 13.1. The van der Waals surface area contributed by atoms with E-state index >= 15 is 0 Å². The molecule has 1 saturated heterocycles. The van der Waals surface area contributed by atoms with E-state index in [1.807, 2.05) is 25.7 Å². The topological polar surface area (TPSA) is 55.6 Å². The Morgan fingerprint density at radius 1 is 1.41 bits per heavy atom. The zero-order valence-electron chi connectivity index (χ0n) is 11.6. The lowest BCUT2D eigenvalue weighted by molar-refractivity contribution is 0.0195. The first-order valence-electron chi connectivity index (χ1n) is 6.44. The number of ether oxygens (including phenoxy) is 1. The molecular formula is C13H26N2O2. The summed E-state index contributed by atoms with van der Waals surface area (Å²) in [5.74, 6) is 0. The summed E-state index contributed by atoms with van der Waals surface area (Å²) >= 11 is 0. The van der Waals surface area contributed by atoms with Gasteiger partial charge in [-0.25, -0.2) is 4.79 Å². The summed E-state index contributed by atoms with van der Waals surface area (Å²) < 4.78 is 5.42. The Bertz CT molecular complexity index is 273. The number of hydrogen-bond acceptors (Lipinski definition) is 3. The summed E-state index contributed by atoms with van der Waals surface area (Å²) in [5, 5.41) is 0. The highest BCUT2D eigenvalue weighted by Gasteiger charge is 2.32. The molecule has 0 aromatic heterocycles. The standard InChI is InChI=1S/C13H26N2O2/c1-12(2,3)17-11(16)15-8-6-5-7-13(4,9-14)10-15/h5-10,14H2,1-4H3/t13-/m1/s1. The molecule has 1 amide bonds. The Labute approximate surface area is 104 Å². The van der Waals surface area contributed by atoms with E-state index < -0.39 is 5.60 Å². The molecular weight excluding hydrogens is 216 g/mol. The maximum absolute atomic E-state index is 12.0. The molecule has 0 aromatic rings. The maximum atomic E-state index is 12.0. The molecule has 0 bridgehead atoms. The fourth-order valence-electron chi connectivity index (χ4n) is 2.12. The van der Waals surface area contributed by atoms with Crippen molar-refractivity contribution < 1.29 is 9.53 Å². The number of rotatable bonds is 1. The van der Waals surface area contributed by atoms with Crippen LogP contribution in [0.3, 0.4) is 0 Å². The smallest absolute Gasteiger partial charge is 0.410 e. The van der Waals surface area contributed by atoms with Gasteiger partial charge in [0.1, 0.15) is 5.60 Å². The second kappa shape index (κ2) is 5.25. The van der Waals surface area contributed by atoms with Gasteiger partial charge in [-0.15, -0.1) is 0 Å². The number of likely N-dealkylation sites (tertiary alicyclic amines) is 1. The minimum atomic E-state index is -0.428. The van der Waals surface area contributed by atoms with Gasteiger partial charge in [-0.05, 0) is 45.6 Å². The molecule has 0 aliphatic carbocycles. The number of nitrogens with two attached hydrogens (primary N) is 1. The Hall–Kier alpha value is -0.770. The molecule has 1 aliphatic rings. The fraction of sp³-hybridized carbons (Fsp3) is 0.923. The molecule has 0 saturated carbocycles. The molecule has 4 nitrogen and oxygen atoms in total. The number of nitrogens with zero attached hydrogens (tertiary/aromatic N) is 1. The van der Waals surface area contributed by atoms with E-state index in [9.17, 15) is 4.79 Å². The van der Waals surface area contributed by atoms with Gasteiger partial charge in [0, 0.05) is 13.1 Å². The molecule has 100 valence electrons. The van der Waals surface area contributed by atoms with E-state index in [1.54, 1.807) is 0 Å². The van der Waals surface area contributed by atoms with Crippen LogP contribution in [0.5, 0.6) is 0 Å². The van der Waals surface area contributed by atoms with E-state index in [-0.39, 0.29) is 11.5 Å². The molecule has 1 aliphatic heterocycles. The molecule has 0 unspecified atom stereocenters. The van der Waals surface area contributed by atoms with Crippen molar-refractivity contribution in [2.24, 2.45) is 11.1 Å². The normalized spacial score (nSPS) is 26.5. The van der Waals surface area contributed by atoms with Crippen molar-refractivity contribution in [1.29, 1.82) is 0 Å². The van der Waals surface area contributed by atoms with Crippen molar-refractivity contribution >= 4 is 6.09 Å². The molecule has 0 aromatic carbocycles. The molecule has 1 atom stereocenters. The van der Waals surface area contributed by atoms with Gasteiger partial charge >= 0.3 is 6.09 Å². The Morgan fingerprint density at radius 2 is 2.06 bits per heavy atom. The summed E-state index contributed by atoms with van der Waals surface area (Å²) in [6.45, 7) is 9.94. The van der Waals surface area contributed by atoms with Crippen LogP contribution in [0.1, 0.15) is 47.0 Å².